The average molecular weight is 225 g/mol. The second kappa shape index (κ2) is 4.72. The minimum atomic E-state index is 0.240. The van der Waals surface area contributed by atoms with Crippen molar-refractivity contribution in [2.75, 3.05) is 26.7 Å². The fourth-order valence-corrected chi connectivity index (χ4v) is 2.89. The standard InChI is InChI=1S/C12H23N3O/c1-9(2)12-13-7-11(16)15(12)10-5-4-6-14(3)8-10/h9-10,12-13H,4-8H2,1-3H3. The van der Waals surface area contributed by atoms with Gasteiger partial charge in [0.15, 0.2) is 0 Å². The maximum absolute atomic E-state index is 11.9. The Morgan fingerprint density at radius 2 is 2.19 bits per heavy atom. The van der Waals surface area contributed by atoms with Crippen LogP contribution in [0.2, 0.25) is 0 Å². The van der Waals surface area contributed by atoms with Gasteiger partial charge in [-0.1, -0.05) is 13.8 Å². The van der Waals surface area contributed by atoms with Gasteiger partial charge in [0, 0.05) is 12.6 Å². The van der Waals surface area contributed by atoms with Gasteiger partial charge in [-0.15, -0.1) is 0 Å². The van der Waals surface area contributed by atoms with Crippen molar-refractivity contribution in [3.8, 4) is 0 Å². The molecule has 0 aromatic heterocycles. The molecule has 2 rings (SSSR count). The summed E-state index contributed by atoms with van der Waals surface area (Å²) in [6, 6.07) is 0.411. The van der Waals surface area contributed by atoms with Gasteiger partial charge in [-0.05, 0) is 32.4 Å². The Morgan fingerprint density at radius 1 is 1.44 bits per heavy atom. The van der Waals surface area contributed by atoms with Crippen LogP contribution in [0.25, 0.3) is 0 Å². The van der Waals surface area contributed by atoms with Crippen molar-refractivity contribution in [1.29, 1.82) is 0 Å². The fraction of sp³-hybridized carbons (Fsp3) is 0.917. The van der Waals surface area contributed by atoms with Crippen LogP contribution in [-0.2, 0) is 4.79 Å². The Kier molecular flexibility index (Phi) is 3.50. The highest BCUT2D eigenvalue weighted by molar-refractivity contribution is 5.81. The monoisotopic (exact) mass is 225 g/mol. The maximum Gasteiger partial charge on any atom is 0.238 e. The number of likely N-dealkylation sites (N-methyl/N-ethyl adjacent to an activating group) is 1. The molecule has 16 heavy (non-hydrogen) atoms. The van der Waals surface area contributed by atoms with Gasteiger partial charge in [-0.25, -0.2) is 0 Å². The number of rotatable bonds is 2. The van der Waals surface area contributed by atoms with E-state index in [1.54, 1.807) is 0 Å². The Bertz CT molecular complexity index is 267. The van der Waals surface area contributed by atoms with E-state index in [2.05, 4.69) is 36.0 Å². The summed E-state index contributed by atoms with van der Waals surface area (Å²) in [5, 5.41) is 3.33. The Hall–Kier alpha value is -0.610. The molecule has 0 bridgehead atoms. The molecule has 0 radical (unpaired) electrons. The summed E-state index contributed by atoms with van der Waals surface area (Å²) in [5.74, 6) is 0.762. The quantitative estimate of drug-likeness (QED) is 0.743. The summed E-state index contributed by atoms with van der Waals surface area (Å²) < 4.78 is 0. The van der Waals surface area contributed by atoms with Crippen LogP contribution < -0.4 is 5.32 Å². The van der Waals surface area contributed by atoms with E-state index in [1.165, 1.54) is 6.42 Å². The zero-order valence-electron chi connectivity index (χ0n) is 10.6. The van der Waals surface area contributed by atoms with Crippen LogP contribution in [0.5, 0.6) is 0 Å². The Morgan fingerprint density at radius 3 is 2.81 bits per heavy atom. The zero-order valence-corrected chi connectivity index (χ0v) is 10.6. The van der Waals surface area contributed by atoms with Crippen molar-refractivity contribution >= 4 is 5.91 Å². The molecule has 2 aliphatic heterocycles. The van der Waals surface area contributed by atoms with Crippen LogP contribution in [-0.4, -0.2) is 54.6 Å². The average Bonchev–Trinajstić information content (AvgIpc) is 2.60. The molecule has 92 valence electrons. The van der Waals surface area contributed by atoms with E-state index >= 15 is 0 Å². The Balaban J connectivity index is 2.07. The number of hydrogen-bond acceptors (Lipinski definition) is 3. The second-order valence-electron chi connectivity index (χ2n) is 5.43. The highest BCUT2D eigenvalue weighted by atomic mass is 16.2. The van der Waals surface area contributed by atoms with Gasteiger partial charge >= 0.3 is 0 Å². The molecule has 2 fully saturated rings. The molecule has 1 amide bonds. The van der Waals surface area contributed by atoms with Gasteiger partial charge in [0.25, 0.3) is 0 Å². The molecule has 2 heterocycles. The van der Waals surface area contributed by atoms with Crippen molar-refractivity contribution in [2.24, 2.45) is 5.92 Å². The number of piperidine rings is 1. The summed E-state index contributed by atoms with van der Waals surface area (Å²) in [6.45, 7) is 7.06. The molecule has 2 atom stereocenters. The first-order valence-electron chi connectivity index (χ1n) is 6.32. The molecule has 2 saturated heterocycles. The van der Waals surface area contributed by atoms with E-state index in [-0.39, 0.29) is 12.1 Å². The third-order valence-corrected chi connectivity index (χ3v) is 3.67. The van der Waals surface area contributed by atoms with Gasteiger partial charge in [0.05, 0.1) is 12.7 Å². The number of hydrogen-bond donors (Lipinski definition) is 1. The lowest BCUT2D eigenvalue weighted by Gasteiger charge is -2.39. The molecular weight excluding hydrogens is 202 g/mol. The minimum absolute atomic E-state index is 0.240. The van der Waals surface area contributed by atoms with E-state index in [0.717, 1.165) is 19.5 Å². The molecule has 0 aromatic carbocycles. The van der Waals surface area contributed by atoms with E-state index in [9.17, 15) is 4.79 Å². The number of carbonyl (C=O) groups is 1. The first-order chi connectivity index (χ1) is 7.59. The summed E-state index contributed by atoms with van der Waals surface area (Å²) in [7, 11) is 2.14. The molecule has 0 aliphatic carbocycles. The largest absolute Gasteiger partial charge is 0.322 e. The van der Waals surface area contributed by atoms with Crippen molar-refractivity contribution in [3.63, 3.8) is 0 Å². The van der Waals surface area contributed by atoms with Crippen molar-refractivity contribution in [1.82, 2.24) is 15.1 Å². The van der Waals surface area contributed by atoms with Gasteiger partial charge < -0.3 is 9.80 Å². The summed E-state index contributed by atoms with van der Waals surface area (Å²) >= 11 is 0. The van der Waals surface area contributed by atoms with Crippen molar-refractivity contribution in [3.05, 3.63) is 0 Å². The number of amides is 1. The molecule has 2 unspecified atom stereocenters. The van der Waals surface area contributed by atoms with Gasteiger partial charge in [-0.3, -0.25) is 10.1 Å². The minimum Gasteiger partial charge on any atom is -0.322 e. The second-order valence-corrected chi connectivity index (χ2v) is 5.43. The zero-order chi connectivity index (χ0) is 11.7. The van der Waals surface area contributed by atoms with Gasteiger partial charge in [0.1, 0.15) is 0 Å². The van der Waals surface area contributed by atoms with E-state index in [0.29, 0.717) is 18.5 Å². The lowest BCUT2D eigenvalue weighted by molar-refractivity contribution is -0.132. The predicted octanol–water partition coefficient (Wildman–Crippen LogP) is 0.495. The number of nitrogens with zero attached hydrogens (tertiary/aromatic N) is 2. The van der Waals surface area contributed by atoms with Gasteiger partial charge in [-0.2, -0.15) is 0 Å². The first-order valence-corrected chi connectivity index (χ1v) is 6.32. The van der Waals surface area contributed by atoms with Crippen molar-refractivity contribution < 1.29 is 4.79 Å². The number of likely N-dealkylation sites (tertiary alicyclic amines) is 1. The van der Waals surface area contributed by atoms with Crippen LogP contribution in [0.1, 0.15) is 26.7 Å². The molecule has 1 N–H and O–H groups in total. The van der Waals surface area contributed by atoms with Crippen LogP contribution in [0, 0.1) is 5.92 Å². The molecule has 4 nitrogen and oxygen atoms in total. The summed E-state index contributed by atoms with van der Waals surface area (Å²) in [4.78, 5) is 16.4. The molecule has 4 heteroatoms. The summed E-state index contributed by atoms with van der Waals surface area (Å²) in [6.07, 6.45) is 2.60. The van der Waals surface area contributed by atoms with Crippen molar-refractivity contribution in [2.45, 2.75) is 38.9 Å². The molecule has 0 spiro atoms. The van der Waals surface area contributed by atoms with E-state index in [4.69, 9.17) is 0 Å². The van der Waals surface area contributed by atoms with Crippen LogP contribution >= 0.6 is 0 Å². The third kappa shape index (κ3) is 2.23. The first kappa shape index (κ1) is 11.9. The Labute approximate surface area is 98.0 Å². The van der Waals surface area contributed by atoms with E-state index < -0.39 is 0 Å². The predicted molar refractivity (Wildman–Crippen MR) is 64.0 cm³/mol. The van der Waals surface area contributed by atoms with Gasteiger partial charge in [0.2, 0.25) is 5.91 Å². The lowest BCUT2D eigenvalue weighted by Crippen LogP contribution is -2.53. The SMILES string of the molecule is CC(C)C1NCC(=O)N1C1CCCN(C)C1. The molecule has 0 aromatic rings. The lowest BCUT2D eigenvalue weighted by atomic mass is 10.0. The molecular formula is C12H23N3O. The number of nitrogens with one attached hydrogen (secondary N) is 1. The highest BCUT2D eigenvalue weighted by Crippen LogP contribution is 2.22. The normalized spacial score (nSPS) is 32.8. The topological polar surface area (TPSA) is 35.6 Å². The van der Waals surface area contributed by atoms with Crippen LogP contribution in [0.15, 0.2) is 0 Å². The van der Waals surface area contributed by atoms with Crippen LogP contribution in [0.3, 0.4) is 0 Å². The summed E-state index contributed by atoms with van der Waals surface area (Å²) in [5.41, 5.74) is 0. The third-order valence-electron chi connectivity index (χ3n) is 3.67. The highest BCUT2D eigenvalue weighted by Gasteiger charge is 2.38. The number of carbonyl (C=O) groups excluding carboxylic acids is 1. The van der Waals surface area contributed by atoms with Crippen LogP contribution in [0.4, 0.5) is 0 Å². The molecule has 0 saturated carbocycles. The smallest absolute Gasteiger partial charge is 0.238 e. The maximum atomic E-state index is 11.9. The molecule has 2 aliphatic rings. The van der Waals surface area contributed by atoms with E-state index in [1.807, 2.05) is 0 Å². The fourth-order valence-electron chi connectivity index (χ4n) is 2.89.